The number of hydrogen-bond acceptors (Lipinski definition) is 3. The Kier molecular flexibility index (Phi) is 9.23. The molecule has 108 valence electrons. The van der Waals surface area contributed by atoms with E-state index in [1.807, 2.05) is 6.07 Å². The van der Waals surface area contributed by atoms with Crippen LogP contribution in [0.1, 0.15) is 25.3 Å². The monoisotopic (exact) mass is 269 g/mol. The van der Waals surface area contributed by atoms with Crippen LogP contribution in [0.5, 0.6) is 0 Å². The number of benzene rings is 1. The van der Waals surface area contributed by atoms with E-state index in [9.17, 15) is 4.39 Å². The minimum absolute atomic E-state index is 0.209. The molecule has 19 heavy (non-hydrogen) atoms. The maximum atomic E-state index is 13.3. The maximum absolute atomic E-state index is 13.3. The Bertz CT molecular complexity index is 334. The lowest BCUT2D eigenvalue weighted by molar-refractivity contribution is 0.111. The third-order valence-electron chi connectivity index (χ3n) is 2.70. The van der Waals surface area contributed by atoms with Gasteiger partial charge in [-0.3, -0.25) is 0 Å². The lowest BCUT2D eigenvalue weighted by Gasteiger charge is -2.07. The molecular formula is C15H24FNO2. The van der Waals surface area contributed by atoms with Crippen LogP contribution < -0.4 is 5.32 Å². The molecule has 0 unspecified atom stereocenters. The Morgan fingerprint density at radius 1 is 1.05 bits per heavy atom. The lowest BCUT2D eigenvalue weighted by atomic mass is 10.2. The minimum atomic E-state index is -0.209. The topological polar surface area (TPSA) is 30.5 Å². The summed E-state index contributed by atoms with van der Waals surface area (Å²) in [6.45, 7) is 6.19. The van der Waals surface area contributed by atoms with Gasteiger partial charge in [0.1, 0.15) is 5.82 Å². The summed E-state index contributed by atoms with van der Waals surface area (Å²) in [7, 11) is 0. The highest BCUT2D eigenvalue weighted by Crippen LogP contribution is 2.06. The van der Waals surface area contributed by atoms with E-state index in [0.29, 0.717) is 18.8 Å². The molecular weight excluding hydrogens is 245 g/mol. The first kappa shape index (κ1) is 16.1. The number of unbranched alkanes of at least 4 members (excludes halogenated alkanes) is 1. The van der Waals surface area contributed by atoms with Crippen LogP contribution in [0.3, 0.4) is 0 Å². The molecule has 0 heterocycles. The highest BCUT2D eigenvalue weighted by molar-refractivity contribution is 5.16. The SMILES string of the molecule is CCCCOCCNCCOCc1ccccc1F. The summed E-state index contributed by atoms with van der Waals surface area (Å²) in [4.78, 5) is 0. The van der Waals surface area contributed by atoms with Crippen molar-refractivity contribution in [2.45, 2.75) is 26.4 Å². The van der Waals surface area contributed by atoms with Crippen LogP contribution in [-0.2, 0) is 16.1 Å². The minimum Gasteiger partial charge on any atom is -0.380 e. The van der Waals surface area contributed by atoms with E-state index in [1.165, 1.54) is 6.07 Å². The van der Waals surface area contributed by atoms with E-state index in [0.717, 1.165) is 39.1 Å². The molecule has 1 aromatic carbocycles. The first-order valence-corrected chi connectivity index (χ1v) is 6.94. The number of hydrogen-bond donors (Lipinski definition) is 1. The molecule has 0 bridgehead atoms. The van der Waals surface area contributed by atoms with Crippen molar-refractivity contribution in [2.24, 2.45) is 0 Å². The fraction of sp³-hybridized carbons (Fsp3) is 0.600. The molecule has 0 saturated heterocycles. The van der Waals surface area contributed by atoms with Crippen LogP contribution in [0.4, 0.5) is 4.39 Å². The van der Waals surface area contributed by atoms with E-state index in [4.69, 9.17) is 9.47 Å². The summed E-state index contributed by atoms with van der Waals surface area (Å²) in [6, 6.07) is 6.68. The zero-order valence-electron chi connectivity index (χ0n) is 11.7. The van der Waals surface area contributed by atoms with Gasteiger partial charge in [0, 0.05) is 25.3 Å². The Balaban J connectivity index is 1.90. The first-order valence-electron chi connectivity index (χ1n) is 6.94. The molecule has 0 radical (unpaired) electrons. The van der Waals surface area contributed by atoms with E-state index >= 15 is 0 Å². The van der Waals surface area contributed by atoms with Crippen LogP contribution in [0.2, 0.25) is 0 Å². The van der Waals surface area contributed by atoms with Crippen LogP contribution >= 0.6 is 0 Å². The number of nitrogens with one attached hydrogen (secondary N) is 1. The van der Waals surface area contributed by atoms with E-state index in [1.54, 1.807) is 12.1 Å². The van der Waals surface area contributed by atoms with Gasteiger partial charge in [-0.25, -0.2) is 4.39 Å². The summed E-state index contributed by atoms with van der Waals surface area (Å²) in [5.74, 6) is -0.209. The third kappa shape index (κ3) is 7.93. The second-order valence-electron chi connectivity index (χ2n) is 4.36. The second kappa shape index (κ2) is 10.9. The number of rotatable bonds is 11. The predicted molar refractivity (Wildman–Crippen MR) is 74.7 cm³/mol. The van der Waals surface area contributed by atoms with Gasteiger partial charge in [-0.2, -0.15) is 0 Å². The average molecular weight is 269 g/mol. The summed E-state index contributed by atoms with van der Waals surface area (Å²) in [5.41, 5.74) is 0.602. The molecule has 0 aliphatic carbocycles. The quantitative estimate of drug-likeness (QED) is 0.627. The zero-order valence-corrected chi connectivity index (χ0v) is 11.7. The van der Waals surface area contributed by atoms with Crippen LogP contribution in [0.15, 0.2) is 24.3 Å². The predicted octanol–water partition coefficient (Wildman–Crippen LogP) is 2.75. The number of halogens is 1. The van der Waals surface area contributed by atoms with Crippen molar-refractivity contribution in [3.8, 4) is 0 Å². The second-order valence-corrected chi connectivity index (χ2v) is 4.36. The standard InChI is InChI=1S/C15H24FNO2/c1-2-3-10-18-11-8-17-9-12-19-13-14-6-4-5-7-15(14)16/h4-7,17H,2-3,8-13H2,1H3. The van der Waals surface area contributed by atoms with Crippen molar-refractivity contribution in [1.29, 1.82) is 0 Å². The van der Waals surface area contributed by atoms with Gasteiger partial charge in [0.15, 0.2) is 0 Å². The summed E-state index contributed by atoms with van der Waals surface area (Å²) in [5, 5.41) is 3.22. The van der Waals surface area contributed by atoms with Crippen LogP contribution in [-0.4, -0.2) is 32.9 Å². The molecule has 1 aromatic rings. The largest absolute Gasteiger partial charge is 0.380 e. The first-order chi connectivity index (χ1) is 9.34. The molecule has 0 saturated carbocycles. The van der Waals surface area contributed by atoms with Gasteiger partial charge in [0.05, 0.1) is 19.8 Å². The Morgan fingerprint density at radius 3 is 2.53 bits per heavy atom. The van der Waals surface area contributed by atoms with Gasteiger partial charge in [-0.1, -0.05) is 31.5 Å². The molecule has 4 heteroatoms. The van der Waals surface area contributed by atoms with Crippen molar-refractivity contribution in [2.75, 3.05) is 32.9 Å². The van der Waals surface area contributed by atoms with Gasteiger partial charge in [0.2, 0.25) is 0 Å². The van der Waals surface area contributed by atoms with E-state index in [-0.39, 0.29) is 5.82 Å². The van der Waals surface area contributed by atoms with Gasteiger partial charge < -0.3 is 14.8 Å². The summed E-state index contributed by atoms with van der Waals surface area (Å²) < 4.78 is 24.1. The molecule has 0 fully saturated rings. The van der Waals surface area contributed by atoms with Gasteiger partial charge in [-0.05, 0) is 12.5 Å². The van der Waals surface area contributed by atoms with Crippen LogP contribution in [0.25, 0.3) is 0 Å². The fourth-order valence-corrected chi connectivity index (χ4v) is 1.56. The van der Waals surface area contributed by atoms with E-state index in [2.05, 4.69) is 12.2 Å². The number of ether oxygens (including phenoxy) is 2. The Morgan fingerprint density at radius 2 is 1.79 bits per heavy atom. The lowest BCUT2D eigenvalue weighted by Crippen LogP contribution is -2.24. The summed E-state index contributed by atoms with van der Waals surface area (Å²) >= 11 is 0. The Labute approximate surface area is 115 Å². The molecule has 0 aromatic heterocycles. The molecule has 0 aliphatic heterocycles. The van der Waals surface area contributed by atoms with Gasteiger partial charge in [-0.15, -0.1) is 0 Å². The average Bonchev–Trinajstić information content (AvgIpc) is 2.43. The van der Waals surface area contributed by atoms with Gasteiger partial charge in [0.25, 0.3) is 0 Å². The van der Waals surface area contributed by atoms with Gasteiger partial charge >= 0.3 is 0 Å². The highest BCUT2D eigenvalue weighted by Gasteiger charge is 1.99. The highest BCUT2D eigenvalue weighted by atomic mass is 19.1. The van der Waals surface area contributed by atoms with Crippen LogP contribution in [0, 0.1) is 5.82 Å². The molecule has 1 rings (SSSR count). The molecule has 3 nitrogen and oxygen atoms in total. The molecule has 0 spiro atoms. The zero-order chi connectivity index (χ0) is 13.8. The molecule has 0 atom stereocenters. The maximum Gasteiger partial charge on any atom is 0.128 e. The molecule has 0 amide bonds. The molecule has 1 N–H and O–H groups in total. The smallest absolute Gasteiger partial charge is 0.128 e. The van der Waals surface area contributed by atoms with Crippen molar-refractivity contribution < 1.29 is 13.9 Å². The Hall–Kier alpha value is -0.970. The molecule has 0 aliphatic rings. The van der Waals surface area contributed by atoms with Crippen molar-refractivity contribution in [1.82, 2.24) is 5.32 Å². The summed E-state index contributed by atoms with van der Waals surface area (Å²) in [6.07, 6.45) is 2.28. The van der Waals surface area contributed by atoms with Crippen molar-refractivity contribution >= 4 is 0 Å². The third-order valence-corrected chi connectivity index (χ3v) is 2.70. The van der Waals surface area contributed by atoms with Crippen molar-refractivity contribution in [3.63, 3.8) is 0 Å². The normalized spacial score (nSPS) is 10.8. The fourth-order valence-electron chi connectivity index (χ4n) is 1.56. The van der Waals surface area contributed by atoms with Crippen molar-refractivity contribution in [3.05, 3.63) is 35.6 Å². The van der Waals surface area contributed by atoms with E-state index < -0.39 is 0 Å².